The van der Waals surface area contributed by atoms with Crippen LogP contribution in [0.1, 0.15) is 11.1 Å². The molecule has 0 aliphatic heterocycles. The van der Waals surface area contributed by atoms with Gasteiger partial charge in [0.05, 0.1) is 0 Å². The topological polar surface area (TPSA) is 0 Å². The second kappa shape index (κ2) is 19.0. The first-order valence-electron chi connectivity index (χ1n) is 8.74. The van der Waals surface area contributed by atoms with E-state index in [2.05, 4.69) is 47.4 Å². The molecule has 0 atom stereocenters. The van der Waals surface area contributed by atoms with Crippen molar-refractivity contribution in [2.75, 3.05) is 0 Å². The Kier molecular flexibility index (Phi) is 16.9. The molecular formula is C28H18Fe2-8. The van der Waals surface area contributed by atoms with Gasteiger partial charge in [0.2, 0.25) is 0 Å². The molecule has 0 amide bonds. The fraction of sp³-hybridized carbons (Fsp3) is 0. The first-order valence-corrected chi connectivity index (χ1v) is 8.74. The molecule has 0 bridgehead atoms. The van der Waals surface area contributed by atoms with Gasteiger partial charge in [-0.05, 0) is 11.8 Å². The van der Waals surface area contributed by atoms with Crippen LogP contribution in [0.4, 0.5) is 0 Å². The Morgan fingerprint density at radius 2 is 0.767 bits per heavy atom. The van der Waals surface area contributed by atoms with Crippen LogP contribution in [0.2, 0.25) is 0 Å². The van der Waals surface area contributed by atoms with Gasteiger partial charge < -0.3 is 30.3 Å². The molecule has 4 aromatic carbocycles. The minimum Gasteiger partial charge on any atom is -0.748 e. The van der Waals surface area contributed by atoms with Gasteiger partial charge in [0.15, 0.2) is 0 Å². The standard InChI is InChI=1S/C18H8.2C5H5.2Fe/c1(3-5-11-17-13-7-8-14-17)2-4-6-12-18-15-9-10-16-18;2*1-2-4-5-3-1;;/h7-10,13-16H;2*1-5H;;/q-2;-5;-1;;. The molecule has 0 saturated heterocycles. The normalized spacial score (nSPS) is 7.07. The smallest absolute Gasteiger partial charge is 0 e. The average Bonchev–Trinajstić information content (AvgIpc) is 3.56. The number of hydrogen-bond acceptors (Lipinski definition) is 0. The van der Waals surface area contributed by atoms with Crippen LogP contribution in [0, 0.1) is 47.4 Å². The Bertz CT molecular complexity index is 966. The third-order valence-electron chi connectivity index (χ3n) is 3.16. The van der Waals surface area contributed by atoms with Crippen LogP contribution in [0.15, 0.2) is 109 Å². The first-order chi connectivity index (χ1) is 13.9. The summed E-state index contributed by atoms with van der Waals surface area (Å²) in [4.78, 5) is 0. The first kappa shape index (κ1) is 26.7. The molecule has 0 spiro atoms. The van der Waals surface area contributed by atoms with Crippen molar-refractivity contribution in [2.24, 2.45) is 0 Å². The minimum absolute atomic E-state index is 0. The summed E-state index contributed by atoms with van der Waals surface area (Å²) in [7, 11) is 0. The molecule has 0 unspecified atom stereocenters. The van der Waals surface area contributed by atoms with Gasteiger partial charge in [0, 0.05) is 34.1 Å². The van der Waals surface area contributed by atoms with Crippen molar-refractivity contribution in [3.05, 3.63) is 120 Å². The van der Waals surface area contributed by atoms with Gasteiger partial charge in [0.25, 0.3) is 0 Å². The summed E-state index contributed by atoms with van der Waals surface area (Å²) in [6.07, 6.45) is 0. The number of rotatable bonds is 0. The van der Waals surface area contributed by atoms with E-state index in [-0.39, 0.29) is 34.1 Å². The molecule has 0 radical (unpaired) electrons. The van der Waals surface area contributed by atoms with E-state index in [1.807, 2.05) is 109 Å². The van der Waals surface area contributed by atoms with Gasteiger partial charge in [-0.25, -0.2) is 12.1 Å². The predicted octanol–water partition coefficient (Wildman–Crippen LogP) is 5.34. The van der Waals surface area contributed by atoms with Crippen LogP contribution < -0.4 is 0 Å². The zero-order chi connectivity index (χ0) is 19.5. The Labute approximate surface area is 201 Å². The molecule has 0 saturated carbocycles. The molecule has 2 heteroatoms. The van der Waals surface area contributed by atoms with Crippen molar-refractivity contribution >= 4 is 0 Å². The summed E-state index contributed by atoms with van der Waals surface area (Å²) in [6, 6.07) is 35.5. The van der Waals surface area contributed by atoms with E-state index in [1.54, 1.807) is 0 Å². The van der Waals surface area contributed by atoms with E-state index in [0.29, 0.717) is 0 Å². The largest absolute Gasteiger partial charge is 0.748 e. The van der Waals surface area contributed by atoms with Gasteiger partial charge in [-0.1, -0.05) is 23.0 Å². The van der Waals surface area contributed by atoms with Crippen molar-refractivity contribution in [1.29, 1.82) is 0 Å². The molecule has 154 valence electrons. The van der Waals surface area contributed by atoms with Crippen LogP contribution in [-0.4, -0.2) is 0 Å². The van der Waals surface area contributed by atoms with Crippen molar-refractivity contribution in [1.82, 2.24) is 0 Å². The van der Waals surface area contributed by atoms with Gasteiger partial charge in [-0.3, -0.25) is 0 Å². The maximum Gasteiger partial charge on any atom is 0 e. The van der Waals surface area contributed by atoms with E-state index >= 15 is 0 Å². The fourth-order valence-electron chi connectivity index (χ4n) is 1.89. The average molecular weight is 466 g/mol. The van der Waals surface area contributed by atoms with Crippen molar-refractivity contribution in [2.45, 2.75) is 0 Å². The van der Waals surface area contributed by atoms with Gasteiger partial charge in [-0.2, -0.15) is 54.3 Å². The monoisotopic (exact) mass is 466 g/mol. The van der Waals surface area contributed by atoms with E-state index in [1.165, 1.54) is 0 Å². The van der Waals surface area contributed by atoms with Crippen LogP contribution in [0.5, 0.6) is 0 Å². The summed E-state index contributed by atoms with van der Waals surface area (Å²) >= 11 is 0. The molecule has 0 nitrogen and oxygen atoms in total. The van der Waals surface area contributed by atoms with E-state index in [4.69, 9.17) is 0 Å². The maximum absolute atomic E-state index is 2.91. The van der Waals surface area contributed by atoms with Crippen LogP contribution in [0.25, 0.3) is 0 Å². The van der Waals surface area contributed by atoms with Crippen LogP contribution in [-0.2, 0) is 34.1 Å². The molecule has 0 heterocycles. The molecule has 0 N–H and O–H groups in total. The molecule has 0 fully saturated rings. The summed E-state index contributed by atoms with van der Waals surface area (Å²) in [6.45, 7) is 0. The van der Waals surface area contributed by atoms with Crippen LogP contribution in [0.3, 0.4) is 0 Å². The van der Waals surface area contributed by atoms with Crippen molar-refractivity contribution < 1.29 is 34.1 Å². The Balaban J connectivity index is 0.000000575. The maximum atomic E-state index is 2.91. The summed E-state index contributed by atoms with van der Waals surface area (Å²) in [5.74, 6) is 21.9. The SMILES string of the molecule is C(C#CC#C[c-]1cccc1)#CC#C[c-]1cccc1.[Fe].[Fe].[cH-]1[cH-][cH-][cH-][cH-]1.c1cc[cH-]c1. The quantitative estimate of drug-likeness (QED) is 0.187. The predicted molar refractivity (Wildman–Crippen MR) is 117 cm³/mol. The van der Waals surface area contributed by atoms with E-state index in [9.17, 15) is 0 Å². The Hall–Kier alpha value is -3.32. The second-order valence-corrected chi connectivity index (χ2v) is 5.27. The van der Waals surface area contributed by atoms with Crippen molar-refractivity contribution in [3.63, 3.8) is 0 Å². The van der Waals surface area contributed by atoms with E-state index in [0.717, 1.165) is 11.1 Å². The zero-order valence-corrected chi connectivity index (χ0v) is 18.3. The zero-order valence-electron chi connectivity index (χ0n) is 16.1. The molecule has 0 aliphatic rings. The number of hydrogen-bond donors (Lipinski definition) is 0. The summed E-state index contributed by atoms with van der Waals surface area (Å²) in [5.41, 5.74) is 1.93. The third-order valence-corrected chi connectivity index (χ3v) is 3.16. The van der Waals surface area contributed by atoms with Gasteiger partial charge >= 0.3 is 0 Å². The molecule has 4 rings (SSSR count). The van der Waals surface area contributed by atoms with Crippen LogP contribution >= 0.6 is 0 Å². The third kappa shape index (κ3) is 13.8. The van der Waals surface area contributed by atoms with Gasteiger partial charge in [-0.15, -0.1) is 36.1 Å². The molecule has 0 aliphatic carbocycles. The molecule has 30 heavy (non-hydrogen) atoms. The molecule has 4 aromatic rings. The molecular weight excluding hydrogens is 448 g/mol. The van der Waals surface area contributed by atoms with Gasteiger partial charge in [0.1, 0.15) is 0 Å². The molecule has 0 aromatic heterocycles. The van der Waals surface area contributed by atoms with Crippen molar-refractivity contribution in [3.8, 4) is 47.4 Å². The van der Waals surface area contributed by atoms with E-state index < -0.39 is 0 Å². The minimum atomic E-state index is 0. The fourth-order valence-corrected chi connectivity index (χ4v) is 1.89. The Morgan fingerprint density at radius 3 is 1.07 bits per heavy atom. The Morgan fingerprint density at radius 1 is 0.433 bits per heavy atom. The second-order valence-electron chi connectivity index (χ2n) is 5.27. The summed E-state index contributed by atoms with van der Waals surface area (Å²) in [5, 5.41) is 0. The summed E-state index contributed by atoms with van der Waals surface area (Å²) < 4.78 is 0.